The number of Topliss-reactive ketones (excluding diaryl/α,β-unsaturated/α-hetero) is 1. The van der Waals surface area contributed by atoms with E-state index in [0.29, 0.717) is 17.7 Å². The molecule has 0 aromatic carbocycles. The smallest absolute Gasteiger partial charge is 0.137 e. The minimum atomic E-state index is 0.416. The van der Waals surface area contributed by atoms with Crippen molar-refractivity contribution in [3.05, 3.63) is 0 Å². The average Bonchev–Trinajstić information content (AvgIpc) is 1.81. The van der Waals surface area contributed by atoms with Gasteiger partial charge in [0.15, 0.2) is 0 Å². The molecule has 1 fully saturated rings. The molecule has 0 unspecified atom stereocenters. The predicted octanol–water partition coefficient (Wildman–Crippen LogP) is 1.74. The van der Waals surface area contributed by atoms with Crippen molar-refractivity contribution in [2.45, 2.75) is 45.6 Å². The summed E-state index contributed by atoms with van der Waals surface area (Å²) in [6, 6.07) is 0.499. The summed E-state index contributed by atoms with van der Waals surface area (Å²) in [5.41, 5.74) is 0. The largest absolute Gasteiger partial charge is 0.314 e. The van der Waals surface area contributed by atoms with Gasteiger partial charge in [0.1, 0.15) is 5.78 Å². The Kier molecular flexibility index (Phi) is 3.73. The van der Waals surface area contributed by atoms with E-state index in [1.165, 1.54) is 6.42 Å². The molecular formula is C10H19NO. The maximum Gasteiger partial charge on any atom is 0.137 e. The molecule has 1 saturated carbocycles. The zero-order chi connectivity index (χ0) is 8.97. The van der Waals surface area contributed by atoms with E-state index in [2.05, 4.69) is 19.2 Å². The van der Waals surface area contributed by atoms with E-state index < -0.39 is 0 Å². The normalized spacial score (nSPS) is 17.9. The molecule has 0 aromatic rings. The lowest BCUT2D eigenvalue weighted by molar-refractivity contribution is -0.125. The van der Waals surface area contributed by atoms with Crippen LogP contribution >= 0.6 is 0 Å². The maximum atomic E-state index is 11.4. The molecule has 0 radical (unpaired) electrons. The molecule has 70 valence electrons. The predicted molar refractivity (Wildman–Crippen MR) is 50.1 cm³/mol. The number of carbonyl (C=O) groups is 1. The minimum absolute atomic E-state index is 0.416. The third-order valence-corrected chi connectivity index (χ3v) is 2.48. The van der Waals surface area contributed by atoms with E-state index >= 15 is 0 Å². The Labute approximate surface area is 74.7 Å². The van der Waals surface area contributed by atoms with Crippen LogP contribution in [-0.4, -0.2) is 18.4 Å². The molecule has 0 atom stereocenters. The summed E-state index contributed by atoms with van der Waals surface area (Å²) in [6.45, 7) is 5.06. The van der Waals surface area contributed by atoms with Crippen molar-refractivity contribution in [1.82, 2.24) is 5.32 Å². The van der Waals surface area contributed by atoms with E-state index in [9.17, 15) is 4.79 Å². The summed E-state index contributed by atoms with van der Waals surface area (Å²) in [7, 11) is 0. The Morgan fingerprint density at radius 1 is 1.50 bits per heavy atom. The fraction of sp³-hybridized carbons (Fsp3) is 0.900. The van der Waals surface area contributed by atoms with Gasteiger partial charge in [0.2, 0.25) is 0 Å². The monoisotopic (exact) mass is 169 g/mol. The first-order valence-electron chi connectivity index (χ1n) is 4.96. The van der Waals surface area contributed by atoms with Crippen molar-refractivity contribution < 1.29 is 4.79 Å². The highest BCUT2D eigenvalue weighted by molar-refractivity contribution is 5.81. The second kappa shape index (κ2) is 4.61. The van der Waals surface area contributed by atoms with Crippen molar-refractivity contribution in [2.24, 2.45) is 5.92 Å². The summed E-state index contributed by atoms with van der Waals surface area (Å²) >= 11 is 0. The number of hydrogen-bond acceptors (Lipinski definition) is 2. The fourth-order valence-electron chi connectivity index (χ4n) is 1.42. The summed E-state index contributed by atoms with van der Waals surface area (Å²) in [4.78, 5) is 11.4. The lowest BCUT2D eigenvalue weighted by Gasteiger charge is -2.23. The molecule has 0 amide bonds. The van der Waals surface area contributed by atoms with Crippen LogP contribution in [0.3, 0.4) is 0 Å². The van der Waals surface area contributed by atoms with Crippen LogP contribution in [0.15, 0.2) is 0 Å². The van der Waals surface area contributed by atoms with Crippen LogP contribution in [0.25, 0.3) is 0 Å². The molecule has 0 spiro atoms. The zero-order valence-electron chi connectivity index (χ0n) is 8.10. The Morgan fingerprint density at radius 3 is 2.58 bits per heavy atom. The van der Waals surface area contributed by atoms with Gasteiger partial charge in [-0.25, -0.2) is 0 Å². The van der Waals surface area contributed by atoms with Gasteiger partial charge in [-0.1, -0.05) is 20.3 Å². The van der Waals surface area contributed by atoms with Gasteiger partial charge in [-0.15, -0.1) is 0 Å². The second-order valence-corrected chi connectivity index (χ2v) is 3.95. The lowest BCUT2D eigenvalue weighted by Crippen LogP contribution is -2.29. The summed E-state index contributed by atoms with van der Waals surface area (Å²) < 4.78 is 0. The van der Waals surface area contributed by atoms with Crippen molar-refractivity contribution in [3.63, 3.8) is 0 Å². The molecule has 12 heavy (non-hydrogen) atoms. The van der Waals surface area contributed by atoms with Crippen molar-refractivity contribution >= 4 is 5.78 Å². The van der Waals surface area contributed by atoms with Gasteiger partial charge in [-0.05, 0) is 12.8 Å². The van der Waals surface area contributed by atoms with Crippen LogP contribution in [0.5, 0.6) is 0 Å². The first-order chi connectivity index (χ1) is 5.70. The number of nitrogens with one attached hydrogen (secondary N) is 1. The highest BCUT2D eigenvalue weighted by atomic mass is 16.1. The second-order valence-electron chi connectivity index (χ2n) is 3.95. The van der Waals surface area contributed by atoms with Gasteiger partial charge < -0.3 is 5.32 Å². The third-order valence-electron chi connectivity index (χ3n) is 2.48. The molecule has 0 saturated heterocycles. The SMILES string of the molecule is CC(C)NCCC(=O)C1CCC1. The first-order valence-corrected chi connectivity index (χ1v) is 4.96. The lowest BCUT2D eigenvalue weighted by atomic mass is 9.81. The van der Waals surface area contributed by atoms with E-state index in [1.807, 2.05) is 0 Å². The highest BCUT2D eigenvalue weighted by Gasteiger charge is 2.24. The molecule has 0 heterocycles. The third kappa shape index (κ3) is 2.94. The molecule has 2 nitrogen and oxygen atoms in total. The van der Waals surface area contributed by atoms with Gasteiger partial charge >= 0.3 is 0 Å². The number of hydrogen-bond donors (Lipinski definition) is 1. The molecule has 2 heteroatoms. The highest BCUT2D eigenvalue weighted by Crippen LogP contribution is 2.27. The summed E-state index contributed by atoms with van der Waals surface area (Å²) in [6.07, 6.45) is 4.26. The molecule has 1 N–H and O–H groups in total. The Bertz CT molecular complexity index is 150. The van der Waals surface area contributed by atoms with Gasteiger partial charge in [-0.3, -0.25) is 4.79 Å². The fourth-order valence-corrected chi connectivity index (χ4v) is 1.42. The molecule has 1 aliphatic rings. The Hall–Kier alpha value is -0.370. The summed E-state index contributed by atoms with van der Waals surface area (Å²) in [5, 5.41) is 3.26. The van der Waals surface area contributed by atoms with Crippen molar-refractivity contribution in [2.75, 3.05) is 6.54 Å². The molecule has 0 bridgehead atoms. The van der Waals surface area contributed by atoms with Crippen LogP contribution in [0.4, 0.5) is 0 Å². The molecular weight excluding hydrogens is 150 g/mol. The quantitative estimate of drug-likeness (QED) is 0.679. The van der Waals surface area contributed by atoms with E-state index in [1.54, 1.807) is 0 Å². The van der Waals surface area contributed by atoms with Gasteiger partial charge in [0.05, 0.1) is 0 Å². The molecule has 0 aliphatic heterocycles. The number of carbonyl (C=O) groups excluding carboxylic acids is 1. The van der Waals surface area contributed by atoms with E-state index in [0.717, 1.165) is 25.8 Å². The maximum absolute atomic E-state index is 11.4. The number of rotatable bonds is 5. The molecule has 0 aromatic heterocycles. The summed E-state index contributed by atoms with van der Waals surface area (Å²) in [5.74, 6) is 0.883. The standard InChI is InChI=1S/C10H19NO/c1-8(2)11-7-6-10(12)9-4-3-5-9/h8-9,11H,3-7H2,1-2H3. The van der Waals surface area contributed by atoms with Gasteiger partial charge in [0, 0.05) is 24.9 Å². The van der Waals surface area contributed by atoms with Crippen LogP contribution in [0.1, 0.15) is 39.5 Å². The van der Waals surface area contributed by atoms with E-state index in [4.69, 9.17) is 0 Å². The van der Waals surface area contributed by atoms with E-state index in [-0.39, 0.29) is 0 Å². The average molecular weight is 169 g/mol. The number of ketones is 1. The van der Waals surface area contributed by atoms with Crippen LogP contribution < -0.4 is 5.32 Å². The minimum Gasteiger partial charge on any atom is -0.314 e. The van der Waals surface area contributed by atoms with Crippen LogP contribution in [-0.2, 0) is 4.79 Å². The van der Waals surface area contributed by atoms with Crippen molar-refractivity contribution in [3.8, 4) is 0 Å². The zero-order valence-corrected chi connectivity index (χ0v) is 8.10. The van der Waals surface area contributed by atoms with Gasteiger partial charge in [-0.2, -0.15) is 0 Å². The van der Waals surface area contributed by atoms with Gasteiger partial charge in [0.25, 0.3) is 0 Å². The topological polar surface area (TPSA) is 29.1 Å². The Morgan fingerprint density at radius 2 is 2.17 bits per heavy atom. The van der Waals surface area contributed by atoms with Crippen LogP contribution in [0, 0.1) is 5.92 Å². The Balaban J connectivity index is 2.02. The van der Waals surface area contributed by atoms with Crippen LogP contribution in [0.2, 0.25) is 0 Å². The van der Waals surface area contributed by atoms with Crippen molar-refractivity contribution in [1.29, 1.82) is 0 Å². The first kappa shape index (κ1) is 9.72. The molecule has 1 rings (SSSR count). The molecule has 1 aliphatic carbocycles.